The van der Waals surface area contributed by atoms with Crippen LogP contribution in [0.1, 0.15) is 12.5 Å². The summed E-state index contributed by atoms with van der Waals surface area (Å²) in [4.78, 5) is 12.2. The van der Waals surface area contributed by atoms with Crippen LogP contribution in [0, 0.1) is 0 Å². The van der Waals surface area contributed by atoms with Gasteiger partial charge in [-0.2, -0.15) is 0 Å². The Balaban J connectivity index is 2.32. The molecule has 0 atom stereocenters. The summed E-state index contributed by atoms with van der Waals surface area (Å²) in [6.07, 6.45) is 1.56. The van der Waals surface area contributed by atoms with Crippen molar-refractivity contribution in [2.24, 2.45) is 0 Å². The average Bonchev–Trinajstić information content (AvgIpc) is 2.48. The predicted octanol–water partition coefficient (Wildman–Crippen LogP) is 5.66. The van der Waals surface area contributed by atoms with Gasteiger partial charge in [0.1, 0.15) is 0 Å². The summed E-state index contributed by atoms with van der Waals surface area (Å²) in [5, 5.41) is 4.60. The Morgan fingerprint density at radius 1 is 1.04 bits per heavy atom. The Labute approximate surface area is 149 Å². The molecular weight excluding hydrogens is 357 g/mol. The second kappa shape index (κ2) is 8.25. The molecule has 0 fully saturated rings. The maximum atomic E-state index is 12.2. The van der Waals surface area contributed by atoms with Crippen molar-refractivity contribution in [2.75, 3.05) is 11.9 Å². The van der Waals surface area contributed by atoms with Gasteiger partial charge in [-0.1, -0.05) is 46.9 Å². The SMILES string of the molecule is CCOC(=O)/C(=C/Nc1cc(Cl)cc(Cl)c1)c1ccc(Cl)cc1. The van der Waals surface area contributed by atoms with Crippen LogP contribution in [-0.2, 0) is 9.53 Å². The van der Waals surface area contributed by atoms with E-state index in [0.717, 1.165) is 0 Å². The molecule has 0 spiro atoms. The van der Waals surface area contributed by atoms with Crippen molar-refractivity contribution in [2.45, 2.75) is 6.92 Å². The van der Waals surface area contributed by atoms with Gasteiger partial charge in [0.05, 0.1) is 12.2 Å². The van der Waals surface area contributed by atoms with Gasteiger partial charge in [0.2, 0.25) is 0 Å². The molecule has 2 aromatic rings. The van der Waals surface area contributed by atoms with E-state index in [0.29, 0.717) is 31.9 Å². The number of anilines is 1. The summed E-state index contributed by atoms with van der Waals surface area (Å²) < 4.78 is 5.09. The number of nitrogens with one attached hydrogen (secondary N) is 1. The predicted molar refractivity (Wildman–Crippen MR) is 96.1 cm³/mol. The number of esters is 1. The minimum absolute atomic E-state index is 0.284. The zero-order chi connectivity index (χ0) is 16.8. The molecule has 0 radical (unpaired) electrons. The summed E-state index contributed by atoms with van der Waals surface area (Å²) >= 11 is 17.8. The molecule has 1 N–H and O–H groups in total. The molecule has 2 aromatic carbocycles. The van der Waals surface area contributed by atoms with E-state index in [1.54, 1.807) is 55.6 Å². The molecule has 120 valence electrons. The number of carbonyl (C=O) groups is 1. The summed E-state index contributed by atoms with van der Waals surface area (Å²) in [6.45, 7) is 2.04. The smallest absolute Gasteiger partial charge is 0.340 e. The largest absolute Gasteiger partial charge is 0.462 e. The topological polar surface area (TPSA) is 38.3 Å². The summed E-state index contributed by atoms with van der Waals surface area (Å²) in [5.41, 5.74) is 1.73. The van der Waals surface area contributed by atoms with Crippen molar-refractivity contribution >= 4 is 52.0 Å². The van der Waals surface area contributed by atoms with Crippen LogP contribution >= 0.6 is 34.8 Å². The number of rotatable bonds is 5. The third kappa shape index (κ3) is 5.17. The van der Waals surface area contributed by atoms with Crippen molar-refractivity contribution in [3.8, 4) is 0 Å². The molecule has 0 amide bonds. The molecule has 6 heteroatoms. The zero-order valence-electron chi connectivity index (χ0n) is 12.3. The first-order valence-electron chi connectivity index (χ1n) is 6.85. The molecule has 0 heterocycles. The zero-order valence-corrected chi connectivity index (χ0v) is 14.5. The highest BCUT2D eigenvalue weighted by atomic mass is 35.5. The fourth-order valence-corrected chi connectivity index (χ4v) is 2.54. The lowest BCUT2D eigenvalue weighted by atomic mass is 10.1. The van der Waals surface area contributed by atoms with Gasteiger partial charge in [-0.15, -0.1) is 0 Å². The van der Waals surface area contributed by atoms with Crippen LogP contribution in [0.4, 0.5) is 5.69 Å². The number of benzene rings is 2. The summed E-state index contributed by atoms with van der Waals surface area (Å²) in [5.74, 6) is -0.435. The molecule has 3 nitrogen and oxygen atoms in total. The van der Waals surface area contributed by atoms with Gasteiger partial charge in [-0.05, 0) is 42.8 Å². The highest BCUT2D eigenvalue weighted by Gasteiger charge is 2.13. The van der Waals surface area contributed by atoms with E-state index < -0.39 is 5.97 Å². The van der Waals surface area contributed by atoms with E-state index in [2.05, 4.69) is 5.32 Å². The van der Waals surface area contributed by atoms with Gasteiger partial charge in [-0.3, -0.25) is 0 Å². The standard InChI is InChI=1S/C17H14Cl3NO2/c1-2-23-17(22)16(11-3-5-12(18)6-4-11)10-21-15-8-13(19)7-14(20)9-15/h3-10,21H,2H2,1H3/b16-10+. The lowest BCUT2D eigenvalue weighted by Crippen LogP contribution is -2.08. The fraction of sp³-hybridized carbons (Fsp3) is 0.118. The van der Waals surface area contributed by atoms with E-state index in [-0.39, 0.29) is 6.61 Å². The van der Waals surface area contributed by atoms with Crippen molar-refractivity contribution in [3.63, 3.8) is 0 Å². The Morgan fingerprint density at radius 2 is 1.65 bits per heavy atom. The lowest BCUT2D eigenvalue weighted by Gasteiger charge is -2.09. The van der Waals surface area contributed by atoms with E-state index in [9.17, 15) is 4.79 Å². The second-order valence-corrected chi connectivity index (χ2v) is 5.90. The Hall–Kier alpha value is -1.68. The van der Waals surface area contributed by atoms with Gasteiger partial charge in [0.15, 0.2) is 0 Å². The fourth-order valence-electron chi connectivity index (χ4n) is 1.89. The number of hydrogen-bond acceptors (Lipinski definition) is 3. The molecule has 0 aromatic heterocycles. The monoisotopic (exact) mass is 369 g/mol. The van der Waals surface area contributed by atoms with Gasteiger partial charge in [-0.25, -0.2) is 4.79 Å². The first-order chi connectivity index (χ1) is 11.0. The van der Waals surface area contributed by atoms with Gasteiger partial charge >= 0.3 is 5.97 Å². The van der Waals surface area contributed by atoms with Gasteiger partial charge in [0, 0.05) is 27.0 Å². The van der Waals surface area contributed by atoms with Crippen LogP contribution in [0.15, 0.2) is 48.7 Å². The number of hydrogen-bond donors (Lipinski definition) is 1. The van der Waals surface area contributed by atoms with Crippen LogP contribution in [0.25, 0.3) is 5.57 Å². The highest BCUT2D eigenvalue weighted by molar-refractivity contribution is 6.35. The second-order valence-electron chi connectivity index (χ2n) is 4.59. The summed E-state index contributed by atoms with van der Waals surface area (Å²) in [6, 6.07) is 11.9. The quantitative estimate of drug-likeness (QED) is 0.545. The van der Waals surface area contributed by atoms with Crippen LogP contribution in [0.2, 0.25) is 15.1 Å². The third-order valence-electron chi connectivity index (χ3n) is 2.90. The number of halogens is 3. The molecular formula is C17H14Cl3NO2. The van der Waals surface area contributed by atoms with E-state index >= 15 is 0 Å². The van der Waals surface area contributed by atoms with Crippen molar-refractivity contribution in [1.29, 1.82) is 0 Å². The van der Waals surface area contributed by atoms with Crippen molar-refractivity contribution < 1.29 is 9.53 Å². The maximum Gasteiger partial charge on any atom is 0.340 e. The molecule has 0 saturated carbocycles. The Bertz CT molecular complexity index is 707. The van der Waals surface area contributed by atoms with E-state index in [1.807, 2.05) is 0 Å². The summed E-state index contributed by atoms with van der Waals surface area (Å²) in [7, 11) is 0. The van der Waals surface area contributed by atoms with Crippen LogP contribution < -0.4 is 5.32 Å². The van der Waals surface area contributed by atoms with Gasteiger partial charge in [0.25, 0.3) is 0 Å². The third-order valence-corrected chi connectivity index (χ3v) is 3.58. The van der Waals surface area contributed by atoms with Crippen LogP contribution in [0.5, 0.6) is 0 Å². The normalized spacial score (nSPS) is 11.2. The van der Waals surface area contributed by atoms with Gasteiger partial charge < -0.3 is 10.1 Å². The maximum absolute atomic E-state index is 12.2. The average molecular weight is 371 g/mol. The minimum atomic E-state index is -0.435. The van der Waals surface area contributed by atoms with E-state index in [1.165, 1.54) is 0 Å². The van der Waals surface area contributed by atoms with E-state index in [4.69, 9.17) is 39.5 Å². The molecule has 0 saturated heterocycles. The Morgan fingerprint density at radius 3 is 2.22 bits per heavy atom. The molecule has 0 aliphatic rings. The minimum Gasteiger partial charge on any atom is -0.462 e. The Kier molecular flexibility index (Phi) is 6.34. The van der Waals surface area contributed by atoms with Crippen molar-refractivity contribution in [1.82, 2.24) is 0 Å². The molecule has 2 rings (SSSR count). The number of ether oxygens (including phenoxy) is 1. The highest BCUT2D eigenvalue weighted by Crippen LogP contribution is 2.24. The van der Waals surface area contributed by atoms with Crippen LogP contribution in [0.3, 0.4) is 0 Å². The number of carbonyl (C=O) groups excluding carboxylic acids is 1. The molecule has 0 aliphatic carbocycles. The molecule has 0 bridgehead atoms. The van der Waals surface area contributed by atoms with Crippen molar-refractivity contribution in [3.05, 3.63) is 69.3 Å². The van der Waals surface area contributed by atoms with Crippen LogP contribution in [-0.4, -0.2) is 12.6 Å². The lowest BCUT2D eigenvalue weighted by molar-refractivity contribution is -0.136. The molecule has 23 heavy (non-hydrogen) atoms. The first kappa shape index (κ1) is 17.7. The molecule has 0 unspecified atom stereocenters. The molecule has 0 aliphatic heterocycles. The first-order valence-corrected chi connectivity index (χ1v) is 7.99.